The molecule has 4 rings (SSSR count). The van der Waals surface area contributed by atoms with Crippen molar-refractivity contribution in [3.63, 3.8) is 0 Å². The molecule has 1 aliphatic rings. The van der Waals surface area contributed by atoms with Crippen LogP contribution >= 0.6 is 15.9 Å². The quantitative estimate of drug-likeness (QED) is 0.593. The number of benzene rings is 1. The molecule has 1 saturated carbocycles. The fourth-order valence-corrected chi connectivity index (χ4v) is 3.54. The molecule has 1 aliphatic carbocycles. The van der Waals surface area contributed by atoms with E-state index in [1.807, 2.05) is 41.9 Å². The van der Waals surface area contributed by atoms with Crippen LogP contribution < -0.4 is 10.6 Å². The van der Waals surface area contributed by atoms with E-state index in [1.54, 1.807) is 0 Å². The summed E-state index contributed by atoms with van der Waals surface area (Å²) in [5.41, 5.74) is 4.44. The molecule has 1 fully saturated rings. The number of aromatic nitrogens is 3. The number of fused-ring (bicyclic) bond motifs is 1. The first kappa shape index (κ1) is 18.9. The Balaban J connectivity index is 1.69. The number of amides is 1. The normalized spacial score (nSPS) is 13.9. The summed E-state index contributed by atoms with van der Waals surface area (Å²) in [6.45, 7) is 7.11. The van der Waals surface area contributed by atoms with Crippen molar-refractivity contribution in [3.05, 3.63) is 46.3 Å². The molecule has 0 atom stereocenters. The Hall–Kier alpha value is -2.41. The van der Waals surface area contributed by atoms with Crippen molar-refractivity contribution in [2.45, 2.75) is 39.7 Å². The maximum atomic E-state index is 12.4. The van der Waals surface area contributed by atoms with Gasteiger partial charge in [-0.05, 0) is 59.3 Å². The van der Waals surface area contributed by atoms with Crippen LogP contribution in [0, 0.1) is 12.8 Å². The van der Waals surface area contributed by atoms with Crippen LogP contribution in [0.15, 0.2) is 35.2 Å². The van der Waals surface area contributed by atoms with E-state index < -0.39 is 0 Å². The molecule has 2 N–H and O–H groups in total. The van der Waals surface area contributed by atoms with E-state index >= 15 is 0 Å². The number of nitrogens with zero attached hydrogens (tertiary/aromatic N) is 3. The van der Waals surface area contributed by atoms with Gasteiger partial charge in [0.05, 0.1) is 11.9 Å². The largest absolute Gasteiger partial charge is 0.367 e. The second kappa shape index (κ2) is 7.54. The van der Waals surface area contributed by atoms with Crippen LogP contribution in [0.3, 0.4) is 0 Å². The Labute approximate surface area is 172 Å². The molecule has 0 aliphatic heterocycles. The highest BCUT2D eigenvalue weighted by atomic mass is 79.9. The molecular formula is C21H24BrN5O. The maximum absolute atomic E-state index is 12.4. The van der Waals surface area contributed by atoms with Gasteiger partial charge in [-0.2, -0.15) is 0 Å². The summed E-state index contributed by atoms with van der Waals surface area (Å²) in [5, 5.41) is 6.43. The lowest BCUT2D eigenvalue weighted by Crippen LogP contribution is -2.26. The first-order valence-corrected chi connectivity index (χ1v) is 10.4. The zero-order valence-corrected chi connectivity index (χ0v) is 17.9. The third-order valence-corrected chi connectivity index (χ3v) is 5.20. The number of hydrogen-bond donors (Lipinski definition) is 2. The number of rotatable bonds is 6. The number of halogens is 1. The van der Waals surface area contributed by atoms with Crippen LogP contribution in [0.1, 0.15) is 42.6 Å². The van der Waals surface area contributed by atoms with Crippen LogP contribution in [0.4, 0.5) is 5.82 Å². The van der Waals surface area contributed by atoms with Gasteiger partial charge in [0, 0.05) is 29.9 Å². The highest BCUT2D eigenvalue weighted by molar-refractivity contribution is 9.10. The molecular weight excluding hydrogens is 418 g/mol. The minimum absolute atomic E-state index is 0.0109. The lowest BCUT2D eigenvalue weighted by molar-refractivity contribution is 0.0950. The highest BCUT2D eigenvalue weighted by Gasteiger charge is 2.24. The summed E-state index contributed by atoms with van der Waals surface area (Å²) >= 11 is 3.50. The van der Waals surface area contributed by atoms with Crippen LogP contribution in [-0.4, -0.2) is 32.9 Å². The monoisotopic (exact) mass is 441 g/mol. The van der Waals surface area contributed by atoms with Crippen molar-refractivity contribution in [3.8, 4) is 11.3 Å². The fourth-order valence-electron chi connectivity index (χ4n) is 3.16. The molecule has 3 aromatic rings. The van der Waals surface area contributed by atoms with Crippen LogP contribution in [0.2, 0.25) is 0 Å². The zero-order valence-electron chi connectivity index (χ0n) is 16.3. The minimum Gasteiger partial charge on any atom is -0.367 e. The number of imidazole rings is 1. The van der Waals surface area contributed by atoms with Crippen LogP contribution in [0.25, 0.3) is 16.9 Å². The Morgan fingerprint density at radius 2 is 2.14 bits per heavy atom. The van der Waals surface area contributed by atoms with Crippen molar-refractivity contribution >= 4 is 33.3 Å². The van der Waals surface area contributed by atoms with E-state index in [1.165, 1.54) is 0 Å². The number of hydrogen-bond acceptors (Lipinski definition) is 4. The number of nitrogens with one attached hydrogen (secondary N) is 2. The van der Waals surface area contributed by atoms with E-state index in [4.69, 9.17) is 0 Å². The fraction of sp³-hybridized carbons (Fsp3) is 0.381. The third kappa shape index (κ3) is 3.90. The van der Waals surface area contributed by atoms with Crippen LogP contribution in [-0.2, 0) is 0 Å². The Morgan fingerprint density at radius 3 is 2.82 bits per heavy atom. The Bertz CT molecular complexity index is 1040. The molecule has 6 nitrogen and oxygen atoms in total. The molecule has 28 heavy (non-hydrogen) atoms. The summed E-state index contributed by atoms with van der Waals surface area (Å²) in [4.78, 5) is 21.5. The summed E-state index contributed by atoms with van der Waals surface area (Å²) in [7, 11) is 0. The summed E-state index contributed by atoms with van der Waals surface area (Å²) in [6.07, 6.45) is 5.94. The van der Waals surface area contributed by atoms with Gasteiger partial charge < -0.3 is 10.6 Å². The second-order valence-electron chi connectivity index (χ2n) is 7.80. The molecule has 0 radical (unpaired) electrons. The number of aryl methyl sites for hydroxylation is 1. The lowest BCUT2D eigenvalue weighted by atomic mass is 10.0. The minimum atomic E-state index is 0.0109. The van der Waals surface area contributed by atoms with Gasteiger partial charge >= 0.3 is 0 Å². The first-order chi connectivity index (χ1) is 13.4. The molecule has 2 heterocycles. The average Bonchev–Trinajstić information content (AvgIpc) is 3.35. The Morgan fingerprint density at radius 1 is 1.36 bits per heavy atom. The number of anilines is 1. The molecule has 1 aromatic carbocycles. The predicted molar refractivity (Wildman–Crippen MR) is 115 cm³/mol. The molecule has 0 bridgehead atoms. The summed E-state index contributed by atoms with van der Waals surface area (Å²) < 4.78 is 2.76. The van der Waals surface area contributed by atoms with Gasteiger partial charge in [-0.1, -0.05) is 19.9 Å². The SMILES string of the molecule is Cc1cc(-c2cnc3c(NCC(C)C)nc(Br)cn23)ccc1C(=O)NC1CC1. The summed E-state index contributed by atoms with van der Waals surface area (Å²) in [5.74, 6) is 1.27. The molecule has 146 valence electrons. The second-order valence-corrected chi connectivity index (χ2v) is 8.61. The van der Waals surface area contributed by atoms with Crippen molar-refractivity contribution in [2.24, 2.45) is 5.92 Å². The molecule has 0 saturated heterocycles. The van der Waals surface area contributed by atoms with E-state index in [0.29, 0.717) is 12.0 Å². The molecule has 0 spiro atoms. The highest BCUT2D eigenvalue weighted by Crippen LogP contribution is 2.28. The zero-order chi connectivity index (χ0) is 19.8. The van der Waals surface area contributed by atoms with Gasteiger partial charge in [-0.25, -0.2) is 9.97 Å². The first-order valence-electron chi connectivity index (χ1n) is 9.61. The van der Waals surface area contributed by atoms with Gasteiger partial charge in [-0.15, -0.1) is 0 Å². The van der Waals surface area contributed by atoms with E-state index in [0.717, 1.165) is 57.8 Å². The smallest absolute Gasteiger partial charge is 0.251 e. The van der Waals surface area contributed by atoms with E-state index in [2.05, 4.69) is 50.4 Å². The molecule has 2 aromatic heterocycles. The average molecular weight is 442 g/mol. The predicted octanol–water partition coefficient (Wildman–Crippen LogP) is 4.43. The molecule has 0 unspecified atom stereocenters. The molecule has 7 heteroatoms. The summed E-state index contributed by atoms with van der Waals surface area (Å²) in [6, 6.07) is 6.27. The van der Waals surface area contributed by atoms with Gasteiger partial charge in [-0.3, -0.25) is 9.20 Å². The van der Waals surface area contributed by atoms with Crippen molar-refractivity contribution in [1.29, 1.82) is 0 Å². The maximum Gasteiger partial charge on any atom is 0.251 e. The van der Waals surface area contributed by atoms with E-state index in [9.17, 15) is 4.79 Å². The Kier molecular flexibility index (Phi) is 5.10. The standard InChI is InChI=1S/C21H24BrN5O/c1-12(2)9-23-19-20-24-10-17(27(20)11-18(22)26-19)14-4-7-16(13(3)8-14)21(28)25-15-5-6-15/h4,7-8,10-12,15H,5-6,9H2,1-3H3,(H,23,26)(H,25,28). The van der Waals surface area contributed by atoms with Gasteiger partial charge in [0.2, 0.25) is 0 Å². The number of carbonyl (C=O) groups excluding carboxylic acids is 1. The van der Waals surface area contributed by atoms with Gasteiger partial charge in [0.15, 0.2) is 11.5 Å². The van der Waals surface area contributed by atoms with Gasteiger partial charge in [0.1, 0.15) is 4.60 Å². The molecule has 1 amide bonds. The van der Waals surface area contributed by atoms with Crippen LogP contribution in [0.5, 0.6) is 0 Å². The third-order valence-electron chi connectivity index (χ3n) is 4.82. The van der Waals surface area contributed by atoms with E-state index in [-0.39, 0.29) is 5.91 Å². The van der Waals surface area contributed by atoms with Crippen molar-refractivity contribution in [1.82, 2.24) is 19.7 Å². The van der Waals surface area contributed by atoms with Crippen molar-refractivity contribution < 1.29 is 4.79 Å². The van der Waals surface area contributed by atoms with Crippen molar-refractivity contribution in [2.75, 3.05) is 11.9 Å². The lowest BCUT2D eigenvalue weighted by Gasteiger charge is -2.11. The van der Waals surface area contributed by atoms with Gasteiger partial charge in [0.25, 0.3) is 5.91 Å². The number of carbonyl (C=O) groups is 1. The topological polar surface area (TPSA) is 71.3 Å².